The molecule has 0 amide bonds. The van der Waals surface area contributed by atoms with Gasteiger partial charge in [0, 0.05) is 19.0 Å². The molecule has 0 saturated heterocycles. The summed E-state index contributed by atoms with van der Waals surface area (Å²) in [4.78, 5) is 14.9. The highest BCUT2D eigenvalue weighted by molar-refractivity contribution is 7.13. The van der Waals surface area contributed by atoms with Gasteiger partial charge in [0.1, 0.15) is 5.76 Å². The van der Waals surface area contributed by atoms with Crippen LogP contribution in [0.1, 0.15) is 26.9 Å². The molecular weight excluding hydrogens is 267 g/mol. The molecule has 2 rings (SSSR count). The normalized spacial score (nSPS) is 11.7. The molecule has 0 unspecified atom stereocenters. The molecule has 96 valence electrons. The van der Waals surface area contributed by atoms with Crippen LogP contribution < -0.4 is 0 Å². The second-order valence-corrected chi connectivity index (χ2v) is 4.56. The average molecular weight is 275 g/mol. The lowest BCUT2D eigenvalue weighted by Gasteiger charge is -1.99. The Hall–Kier alpha value is -1.63. The monoisotopic (exact) mass is 275 g/mol. The SMILES string of the molecule is O=C(CCc1ccco1)c1cnc(C(F)(F)F)s1. The summed E-state index contributed by atoms with van der Waals surface area (Å²) in [5.41, 5.74) is 0. The molecule has 18 heavy (non-hydrogen) atoms. The predicted octanol–water partition coefficient (Wildman–Crippen LogP) is 3.57. The second kappa shape index (κ2) is 4.93. The lowest BCUT2D eigenvalue weighted by Crippen LogP contribution is -2.03. The summed E-state index contributed by atoms with van der Waals surface area (Å²) in [5.74, 6) is 0.267. The van der Waals surface area contributed by atoms with E-state index in [-0.39, 0.29) is 17.1 Å². The zero-order chi connectivity index (χ0) is 13.2. The zero-order valence-corrected chi connectivity index (χ0v) is 9.85. The Labute approximate surface area is 104 Å². The number of nitrogens with zero attached hydrogens (tertiary/aromatic N) is 1. The van der Waals surface area contributed by atoms with Crippen LogP contribution in [0.25, 0.3) is 0 Å². The summed E-state index contributed by atoms with van der Waals surface area (Å²) in [5, 5.41) is -0.996. The summed E-state index contributed by atoms with van der Waals surface area (Å²) in [6, 6.07) is 3.40. The van der Waals surface area contributed by atoms with Gasteiger partial charge in [0.05, 0.1) is 11.1 Å². The van der Waals surface area contributed by atoms with Crippen LogP contribution in [0.2, 0.25) is 0 Å². The molecule has 2 aromatic rings. The molecule has 3 nitrogen and oxygen atoms in total. The Bertz CT molecular complexity index is 531. The minimum atomic E-state index is -4.50. The third kappa shape index (κ3) is 2.98. The highest BCUT2D eigenvalue weighted by Crippen LogP contribution is 2.32. The first-order chi connectivity index (χ1) is 8.47. The quantitative estimate of drug-likeness (QED) is 0.801. The number of rotatable bonds is 4. The van der Waals surface area contributed by atoms with E-state index >= 15 is 0 Å². The molecule has 0 aliphatic heterocycles. The Balaban J connectivity index is 1.99. The van der Waals surface area contributed by atoms with Gasteiger partial charge in [0.2, 0.25) is 0 Å². The fourth-order valence-corrected chi connectivity index (χ4v) is 2.10. The Morgan fingerprint density at radius 1 is 1.44 bits per heavy atom. The first-order valence-electron chi connectivity index (χ1n) is 5.05. The number of Topliss-reactive ketones (excluding diaryl/α,β-unsaturated/α-hetero) is 1. The van der Waals surface area contributed by atoms with Gasteiger partial charge in [0.15, 0.2) is 10.8 Å². The Morgan fingerprint density at radius 3 is 2.78 bits per heavy atom. The molecule has 0 atom stereocenters. The number of ketones is 1. The number of aryl methyl sites for hydroxylation is 1. The maximum atomic E-state index is 12.3. The maximum absolute atomic E-state index is 12.3. The van der Waals surface area contributed by atoms with Crippen LogP contribution in [0.15, 0.2) is 29.0 Å². The van der Waals surface area contributed by atoms with Crippen molar-refractivity contribution in [3.63, 3.8) is 0 Å². The van der Waals surface area contributed by atoms with Crippen molar-refractivity contribution in [3.05, 3.63) is 40.2 Å². The number of carbonyl (C=O) groups excluding carboxylic acids is 1. The molecule has 2 heterocycles. The van der Waals surface area contributed by atoms with Crippen molar-refractivity contribution in [1.29, 1.82) is 0 Å². The van der Waals surface area contributed by atoms with E-state index in [1.54, 1.807) is 12.1 Å². The molecule has 0 spiro atoms. The Kier molecular flexibility index (Phi) is 3.51. The highest BCUT2D eigenvalue weighted by atomic mass is 32.1. The predicted molar refractivity (Wildman–Crippen MR) is 58.5 cm³/mol. The fraction of sp³-hybridized carbons (Fsp3) is 0.273. The molecule has 0 radical (unpaired) electrons. The number of alkyl halides is 3. The van der Waals surface area contributed by atoms with E-state index in [9.17, 15) is 18.0 Å². The standard InChI is InChI=1S/C11H8F3NO2S/c12-11(13,14)10-15-6-9(18-10)8(16)4-3-7-2-1-5-17-7/h1-2,5-6H,3-4H2. The van der Waals surface area contributed by atoms with E-state index in [1.165, 1.54) is 6.26 Å². The van der Waals surface area contributed by atoms with Crippen molar-refractivity contribution >= 4 is 17.1 Å². The molecule has 0 aliphatic carbocycles. The zero-order valence-electron chi connectivity index (χ0n) is 9.03. The second-order valence-electron chi connectivity index (χ2n) is 3.53. The van der Waals surface area contributed by atoms with Gasteiger partial charge in [-0.05, 0) is 12.1 Å². The number of halogens is 3. The van der Waals surface area contributed by atoms with Gasteiger partial charge in [-0.1, -0.05) is 0 Å². The first-order valence-corrected chi connectivity index (χ1v) is 5.87. The Morgan fingerprint density at radius 2 is 2.22 bits per heavy atom. The van der Waals surface area contributed by atoms with Crippen LogP contribution in [0.3, 0.4) is 0 Å². The third-order valence-corrected chi connectivity index (χ3v) is 3.28. The number of hydrogen-bond donors (Lipinski definition) is 0. The number of aromatic nitrogens is 1. The first kappa shape index (κ1) is 12.8. The average Bonchev–Trinajstić information content (AvgIpc) is 2.96. The van der Waals surface area contributed by atoms with Crippen molar-refractivity contribution in [2.45, 2.75) is 19.0 Å². The highest BCUT2D eigenvalue weighted by Gasteiger charge is 2.35. The topological polar surface area (TPSA) is 43.1 Å². The van der Waals surface area contributed by atoms with Crippen LogP contribution in [-0.2, 0) is 12.6 Å². The van der Waals surface area contributed by atoms with E-state index in [1.807, 2.05) is 0 Å². The number of hydrogen-bond acceptors (Lipinski definition) is 4. The molecule has 0 N–H and O–H groups in total. The van der Waals surface area contributed by atoms with Crippen molar-refractivity contribution < 1.29 is 22.4 Å². The van der Waals surface area contributed by atoms with E-state index in [2.05, 4.69) is 4.98 Å². The molecular formula is C11H8F3NO2S. The van der Waals surface area contributed by atoms with Crippen LogP contribution in [0.4, 0.5) is 13.2 Å². The van der Waals surface area contributed by atoms with Crippen LogP contribution in [-0.4, -0.2) is 10.8 Å². The summed E-state index contributed by atoms with van der Waals surface area (Å²) >= 11 is 0.369. The van der Waals surface area contributed by atoms with E-state index in [0.29, 0.717) is 23.5 Å². The minimum Gasteiger partial charge on any atom is -0.469 e. The van der Waals surface area contributed by atoms with Gasteiger partial charge in [0.25, 0.3) is 0 Å². The van der Waals surface area contributed by atoms with Gasteiger partial charge in [-0.2, -0.15) is 13.2 Å². The van der Waals surface area contributed by atoms with Crippen LogP contribution in [0, 0.1) is 0 Å². The van der Waals surface area contributed by atoms with Crippen LogP contribution >= 0.6 is 11.3 Å². The van der Waals surface area contributed by atoms with Crippen molar-refractivity contribution in [2.75, 3.05) is 0 Å². The molecule has 0 bridgehead atoms. The maximum Gasteiger partial charge on any atom is 0.443 e. The van der Waals surface area contributed by atoms with Gasteiger partial charge < -0.3 is 4.42 Å². The van der Waals surface area contributed by atoms with E-state index < -0.39 is 11.2 Å². The minimum absolute atomic E-state index is 0.0221. The molecule has 2 aromatic heterocycles. The summed E-state index contributed by atoms with van der Waals surface area (Å²) in [6.07, 6.45) is -1.57. The van der Waals surface area contributed by atoms with E-state index in [0.717, 1.165) is 6.20 Å². The number of thiazole rings is 1. The van der Waals surface area contributed by atoms with E-state index in [4.69, 9.17) is 4.42 Å². The lowest BCUT2D eigenvalue weighted by atomic mass is 10.2. The van der Waals surface area contributed by atoms with Crippen molar-refractivity contribution in [3.8, 4) is 0 Å². The lowest BCUT2D eigenvalue weighted by molar-refractivity contribution is -0.137. The largest absolute Gasteiger partial charge is 0.469 e. The molecule has 0 saturated carbocycles. The fourth-order valence-electron chi connectivity index (χ4n) is 1.35. The molecule has 7 heteroatoms. The van der Waals surface area contributed by atoms with Gasteiger partial charge in [-0.15, -0.1) is 11.3 Å². The summed E-state index contributed by atoms with van der Waals surface area (Å²) < 4.78 is 41.9. The smallest absolute Gasteiger partial charge is 0.443 e. The summed E-state index contributed by atoms with van der Waals surface area (Å²) in [6.45, 7) is 0. The van der Waals surface area contributed by atoms with Gasteiger partial charge in [-0.3, -0.25) is 4.79 Å². The number of carbonyl (C=O) groups is 1. The molecule has 0 aliphatic rings. The third-order valence-electron chi connectivity index (χ3n) is 2.20. The van der Waals surface area contributed by atoms with Gasteiger partial charge in [-0.25, -0.2) is 4.98 Å². The van der Waals surface area contributed by atoms with Gasteiger partial charge >= 0.3 is 6.18 Å². The van der Waals surface area contributed by atoms with Crippen molar-refractivity contribution in [2.24, 2.45) is 0 Å². The van der Waals surface area contributed by atoms with Crippen LogP contribution in [0.5, 0.6) is 0 Å². The molecule has 0 aromatic carbocycles. The molecule has 0 fully saturated rings. The van der Waals surface area contributed by atoms with Crippen molar-refractivity contribution in [1.82, 2.24) is 4.98 Å². The number of furan rings is 1. The summed E-state index contributed by atoms with van der Waals surface area (Å²) in [7, 11) is 0.